The lowest BCUT2D eigenvalue weighted by molar-refractivity contribution is -0.137. The fraction of sp³-hybridized carbons (Fsp3) is 0.222. The second kappa shape index (κ2) is 9.41. The smallest absolute Gasteiger partial charge is 0.303 e. The van der Waals surface area contributed by atoms with Crippen LogP contribution >= 0.6 is 7.92 Å². The van der Waals surface area contributed by atoms with Crippen LogP contribution < -0.4 is 5.30 Å². The van der Waals surface area contributed by atoms with Crippen LogP contribution in [0.2, 0.25) is 0 Å². The first-order valence-corrected chi connectivity index (χ1v) is 12.1. The Morgan fingerprint density at radius 3 is 1.93 bits per heavy atom. The summed E-state index contributed by atoms with van der Waals surface area (Å²) in [7, 11) is -0.457. The van der Waals surface area contributed by atoms with E-state index in [2.05, 4.69) is 97.1 Å². The highest BCUT2D eigenvalue weighted by Crippen LogP contribution is 2.64. The lowest BCUT2D eigenvalue weighted by atomic mass is 9.72. The molecule has 0 spiro atoms. The largest absolute Gasteiger partial charge is 0.481 e. The predicted molar refractivity (Wildman–Crippen MR) is 126 cm³/mol. The summed E-state index contributed by atoms with van der Waals surface area (Å²) in [4.78, 5) is 11.0. The Hall–Kier alpha value is -2.70. The van der Waals surface area contributed by atoms with Gasteiger partial charge < -0.3 is 5.11 Å². The molecule has 1 N–H and O–H groups in total. The standard InChI is InChI=1S/C27H27O2P/c28-26(29)19-11-10-18-25-27(22-12-4-1-5-13-22,23-14-6-2-7-15-23)20-21-30(25)24-16-8-3-9-17-24/h1-9,12-18H,10-11,19-21H2,(H,28,29). The van der Waals surface area contributed by atoms with E-state index in [1.54, 1.807) is 0 Å². The van der Waals surface area contributed by atoms with Gasteiger partial charge in [0, 0.05) is 11.8 Å². The van der Waals surface area contributed by atoms with Crippen molar-refractivity contribution in [2.24, 2.45) is 0 Å². The highest BCUT2D eigenvalue weighted by Gasteiger charge is 2.46. The van der Waals surface area contributed by atoms with Crippen molar-refractivity contribution >= 4 is 19.2 Å². The molecule has 4 rings (SSSR count). The molecular formula is C27H27O2P. The van der Waals surface area contributed by atoms with Crippen molar-refractivity contribution < 1.29 is 9.90 Å². The van der Waals surface area contributed by atoms with Crippen LogP contribution in [0.15, 0.2) is 102 Å². The number of carbonyl (C=O) groups is 1. The van der Waals surface area contributed by atoms with Crippen molar-refractivity contribution in [2.75, 3.05) is 6.16 Å². The third-order valence-electron chi connectivity index (χ3n) is 5.97. The number of benzene rings is 3. The topological polar surface area (TPSA) is 37.3 Å². The Labute approximate surface area is 180 Å². The molecule has 1 saturated heterocycles. The molecular weight excluding hydrogens is 387 g/mol. The molecule has 30 heavy (non-hydrogen) atoms. The average Bonchev–Trinajstić information content (AvgIpc) is 3.18. The summed E-state index contributed by atoms with van der Waals surface area (Å²) >= 11 is 0. The molecule has 3 heteroatoms. The molecule has 3 aromatic rings. The minimum atomic E-state index is -0.720. The molecule has 0 saturated carbocycles. The van der Waals surface area contributed by atoms with E-state index in [1.165, 1.54) is 21.7 Å². The first-order chi connectivity index (χ1) is 14.7. The normalized spacial score (nSPS) is 19.1. The predicted octanol–water partition coefficient (Wildman–Crippen LogP) is 6.32. The molecule has 1 unspecified atom stereocenters. The zero-order valence-corrected chi connectivity index (χ0v) is 18.0. The first kappa shape index (κ1) is 20.6. The molecule has 2 nitrogen and oxygen atoms in total. The van der Waals surface area contributed by atoms with E-state index in [1.807, 2.05) is 0 Å². The highest BCUT2D eigenvalue weighted by atomic mass is 31.1. The van der Waals surface area contributed by atoms with Crippen LogP contribution in [-0.2, 0) is 10.2 Å². The molecule has 0 amide bonds. The van der Waals surface area contributed by atoms with Gasteiger partial charge in [0.2, 0.25) is 0 Å². The average molecular weight is 414 g/mol. The number of aliphatic carboxylic acids is 1. The van der Waals surface area contributed by atoms with Crippen LogP contribution in [0, 0.1) is 0 Å². The number of allylic oxidation sites excluding steroid dienone is 2. The number of unbranched alkanes of at least 4 members (excludes halogenated alkanes) is 1. The molecule has 0 radical (unpaired) electrons. The zero-order valence-electron chi connectivity index (χ0n) is 17.1. The maximum Gasteiger partial charge on any atom is 0.303 e. The van der Waals surface area contributed by atoms with Crippen molar-refractivity contribution in [1.29, 1.82) is 0 Å². The van der Waals surface area contributed by atoms with E-state index in [4.69, 9.17) is 5.11 Å². The number of hydrogen-bond acceptors (Lipinski definition) is 1. The van der Waals surface area contributed by atoms with Crippen LogP contribution in [0.5, 0.6) is 0 Å². The Bertz CT molecular complexity index is 957. The second-order valence-electron chi connectivity index (χ2n) is 7.75. The summed E-state index contributed by atoms with van der Waals surface area (Å²) in [5, 5.41) is 12.0. The quantitative estimate of drug-likeness (QED) is 0.363. The van der Waals surface area contributed by atoms with Crippen LogP contribution in [0.4, 0.5) is 0 Å². The summed E-state index contributed by atoms with van der Waals surface area (Å²) in [6.07, 6.45) is 6.29. The molecule has 1 heterocycles. The maximum atomic E-state index is 11.0. The van der Waals surface area contributed by atoms with Crippen LogP contribution in [0.1, 0.15) is 36.8 Å². The molecule has 1 aliphatic heterocycles. The third-order valence-corrected chi connectivity index (χ3v) is 8.71. The van der Waals surface area contributed by atoms with Gasteiger partial charge in [-0.2, -0.15) is 0 Å². The minimum Gasteiger partial charge on any atom is -0.481 e. The highest BCUT2D eigenvalue weighted by molar-refractivity contribution is 7.70. The maximum absolute atomic E-state index is 11.0. The van der Waals surface area contributed by atoms with Crippen molar-refractivity contribution in [1.82, 2.24) is 0 Å². The van der Waals surface area contributed by atoms with Gasteiger partial charge in [0.1, 0.15) is 0 Å². The SMILES string of the molecule is O=C(O)CCCC=C1P(c2ccccc2)CCC1(c1ccccc1)c1ccccc1. The molecule has 0 bridgehead atoms. The summed E-state index contributed by atoms with van der Waals surface area (Å²) in [5.74, 6) is -0.720. The minimum absolute atomic E-state index is 0.146. The number of carboxylic acid groups (broad SMARTS) is 1. The summed E-state index contributed by atoms with van der Waals surface area (Å²) in [6.45, 7) is 0. The fourth-order valence-corrected chi connectivity index (χ4v) is 7.66. The summed E-state index contributed by atoms with van der Waals surface area (Å²) in [5.41, 5.74) is 2.52. The Morgan fingerprint density at radius 2 is 1.40 bits per heavy atom. The number of hydrogen-bond donors (Lipinski definition) is 1. The Kier molecular flexibility index (Phi) is 6.45. The van der Waals surface area contributed by atoms with Crippen molar-refractivity contribution in [3.05, 3.63) is 114 Å². The summed E-state index contributed by atoms with van der Waals surface area (Å²) in [6, 6.07) is 32.5. The first-order valence-electron chi connectivity index (χ1n) is 10.6. The van der Waals surface area contributed by atoms with Crippen LogP contribution in [0.25, 0.3) is 0 Å². The van der Waals surface area contributed by atoms with Gasteiger partial charge >= 0.3 is 5.97 Å². The number of carboxylic acids is 1. The van der Waals surface area contributed by atoms with E-state index < -0.39 is 13.9 Å². The molecule has 1 aliphatic rings. The van der Waals surface area contributed by atoms with Gasteiger partial charge in [0.25, 0.3) is 0 Å². The van der Waals surface area contributed by atoms with E-state index in [-0.39, 0.29) is 11.8 Å². The van der Waals surface area contributed by atoms with E-state index >= 15 is 0 Å². The van der Waals surface area contributed by atoms with Gasteiger partial charge in [0.15, 0.2) is 0 Å². The summed E-state index contributed by atoms with van der Waals surface area (Å²) < 4.78 is 0. The van der Waals surface area contributed by atoms with Gasteiger partial charge in [0.05, 0.1) is 0 Å². The Morgan fingerprint density at radius 1 is 0.867 bits per heavy atom. The molecule has 1 fully saturated rings. The van der Waals surface area contributed by atoms with Crippen molar-refractivity contribution in [2.45, 2.75) is 31.1 Å². The van der Waals surface area contributed by atoms with Gasteiger partial charge in [-0.15, -0.1) is 0 Å². The van der Waals surface area contributed by atoms with E-state index in [0.29, 0.717) is 6.42 Å². The van der Waals surface area contributed by atoms with Gasteiger partial charge in [-0.3, -0.25) is 4.79 Å². The monoisotopic (exact) mass is 414 g/mol. The van der Waals surface area contributed by atoms with E-state index in [0.717, 1.165) is 19.0 Å². The van der Waals surface area contributed by atoms with E-state index in [9.17, 15) is 4.79 Å². The molecule has 152 valence electrons. The van der Waals surface area contributed by atoms with Gasteiger partial charge in [-0.1, -0.05) is 97.1 Å². The lowest BCUT2D eigenvalue weighted by Crippen LogP contribution is -2.26. The zero-order chi connectivity index (χ0) is 20.8. The Balaban J connectivity index is 1.84. The van der Waals surface area contributed by atoms with Gasteiger partial charge in [-0.05, 0) is 55.1 Å². The second-order valence-corrected chi connectivity index (χ2v) is 10.1. The van der Waals surface area contributed by atoms with Crippen molar-refractivity contribution in [3.63, 3.8) is 0 Å². The molecule has 0 aliphatic carbocycles. The van der Waals surface area contributed by atoms with Crippen molar-refractivity contribution in [3.8, 4) is 0 Å². The van der Waals surface area contributed by atoms with Crippen LogP contribution in [0.3, 0.4) is 0 Å². The van der Waals surface area contributed by atoms with Gasteiger partial charge in [-0.25, -0.2) is 0 Å². The third kappa shape index (κ3) is 4.11. The van der Waals surface area contributed by atoms with Crippen LogP contribution in [-0.4, -0.2) is 17.2 Å². The molecule has 1 atom stereocenters. The fourth-order valence-electron chi connectivity index (χ4n) is 4.61. The molecule has 3 aromatic carbocycles. The molecule has 0 aromatic heterocycles. The number of rotatable bonds is 7. The lowest BCUT2D eigenvalue weighted by Gasteiger charge is -2.34.